The van der Waals surface area contributed by atoms with Gasteiger partial charge in [0, 0.05) is 11.1 Å². The highest BCUT2D eigenvalue weighted by Crippen LogP contribution is 2.26. The molecule has 2 rings (SSSR count). The van der Waals surface area contributed by atoms with E-state index in [0.717, 1.165) is 5.56 Å². The molecule has 1 aromatic heterocycles. The summed E-state index contributed by atoms with van der Waals surface area (Å²) < 4.78 is 4.96. The Bertz CT molecular complexity index is 518. The van der Waals surface area contributed by atoms with Crippen molar-refractivity contribution >= 4 is 11.6 Å². The second-order valence-electron chi connectivity index (χ2n) is 3.62. The lowest BCUT2D eigenvalue weighted by molar-refractivity contribution is 0.390. The Hall–Kier alpha value is -1.69. The molecule has 18 heavy (non-hydrogen) atoms. The first-order chi connectivity index (χ1) is 8.76. The van der Waals surface area contributed by atoms with Gasteiger partial charge in [-0.25, -0.2) is 5.43 Å². The van der Waals surface area contributed by atoms with E-state index in [0.29, 0.717) is 16.6 Å². The van der Waals surface area contributed by atoms with Crippen LogP contribution in [0.2, 0.25) is 5.02 Å². The molecule has 94 valence electrons. The maximum atomic E-state index is 6.14. The second kappa shape index (κ2) is 5.77. The van der Waals surface area contributed by atoms with Gasteiger partial charge in [-0.2, -0.15) is 0 Å². The van der Waals surface area contributed by atoms with Gasteiger partial charge in [0.25, 0.3) is 0 Å². The molecular weight excluding hydrogens is 252 g/mol. The van der Waals surface area contributed by atoms with Crippen molar-refractivity contribution in [3.63, 3.8) is 0 Å². The summed E-state index contributed by atoms with van der Waals surface area (Å²) in [4.78, 5) is 0. The molecule has 1 aromatic carbocycles. The fourth-order valence-corrected chi connectivity index (χ4v) is 1.88. The van der Waals surface area contributed by atoms with E-state index in [1.165, 1.54) is 7.11 Å². The molecule has 0 bridgehead atoms. The fraction of sp³-hybridized carbons (Fsp3) is 0.167. The first-order valence-corrected chi connectivity index (χ1v) is 5.72. The van der Waals surface area contributed by atoms with Crippen molar-refractivity contribution in [2.75, 3.05) is 7.11 Å². The quantitative estimate of drug-likeness (QED) is 0.649. The number of halogens is 1. The van der Waals surface area contributed by atoms with Crippen LogP contribution in [0.3, 0.4) is 0 Å². The number of aromatic nitrogens is 2. The van der Waals surface area contributed by atoms with Gasteiger partial charge in [0.2, 0.25) is 5.88 Å². The zero-order valence-corrected chi connectivity index (χ0v) is 10.6. The van der Waals surface area contributed by atoms with Gasteiger partial charge in [-0.05, 0) is 17.7 Å². The maximum absolute atomic E-state index is 6.14. The molecule has 1 atom stereocenters. The number of hydrazine groups is 1. The minimum atomic E-state index is -0.308. The molecule has 0 aliphatic heterocycles. The van der Waals surface area contributed by atoms with Crippen molar-refractivity contribution in [1.82, 2.24) is 15.6 Å². The van der Waals surface area contributed by atoms with E-state index in [-0.39, 0.29) is 6.04 Å². The third-order valence-electron chi connectivity index (χ3n) is 2.55. The second-order valence-corrected chi connectivity index (χ2v) is 4.03. The van der Waals surface area contributed by atoms with Crippen molar-refractivity contribution < 1.29 is 4.74 Å². The highest BCUT2D eigenvalue weighted by atomic mass is 35.5. The molecule has 0 aliphatic carbocycles. The summed E-state index contributed by atoms with van der Waals surface area (Å²) in [5.74, 6) is 6.02. The molecule has 0 radical (unpaired) electrons. The third kappa shape index (κ3) is 2.59. The molecule has 0 spiro atoms. The summed E-state index contributed by atoms with van der Waals surface area (Å²) in [5, 5.41) is 8.60. The summed E-state index contributed by atoms with van der Waals surface area (Å²) in [5.41, 5.74) is 4.21. The summed E-state index contributed by atoms with van der Waals surface area (Å²) in [6.45, 7) is 0. The lowest BCUT2D eigenvalue weighted by atomic mass is 10.0. The van der Waals surface area contributed by atoms with Gasteiger partial charge in [-0.3, -0.25) is 5.84 Å². The molecule has 0 aliphatic rings. The van der Waals surface area contributed by atoms with Crippen molar-refractivity contribution in [3.8, 4) is 5.88 Å². The van der Waals surface area contributed by atoms with Crippen molar-refractivity contribution in [2.24, 2.45) is 5.84 Å². The zero-order valence-electron chi connectivity index (χ0n) is 9.80. The normalized spacial score (nSPS) is 12.2. The number of hydrogen-bond donors (Lipinski definition) is 2. The zero-order chi connectivity index (χ0) is 13.0. The van der Waals surface area contributed by atoms with Crippen LogP contribution in [0.4, 0.5) is 0 Å². The minimum Gasteiger partial charge on any atom is -0.480 e. The number of nitrogens with zero attached hydrogens (tertiary/aromatic N) is 2. The molecule has 1 unspecified atom stereocenters. The summed E-state index contributed by atoms with van der Waals surface area (Å²) >= 11 is 6.14. The Morgan fingerprint density at radius 2 is 2.00 bits per heavy atom. The van der Waals surface area contributed by atoms with Crippen LogP contribution >= 0.6 is 11.6 Å². The average molecular weight is 265 g/mol. The van der Waals surface area contributed by atoms with Gasteiger partial charge in [-0.1, -0.05) is 29.8 Å². The van der Waals surface area contributed by atoms with Crippen LogP contribution < -0.4 is 16.0 Å². The first kappa shape index (κ1) is 12.8. The van der Waals surface area contributed by atoms with E-state index in [1.54, 1.807) is 18.2 Å². The van der Waals surface area contributed by atoms with Crippen LogP contribution in [0.25, 0.3) is 0 Å². The van der Waals surface area contributed by atoms with E-state index in [2.05, 4.69) is 15.6 Å². The Morgan fingerprint density at radius 3 is 2.56 bits per heavy atom. The highest BCUT2D eigenvalue weighted by molar-refractivity contribution is 6.31. The van der Waals surface area contributed by atoms with Crippen LogP contribution in [0.15, 0.2) is 36.4 Å². The fourth-order valence-electron chi connectivity index (χ4n) is 1.64. The lowest BCUT2D eigenvalue weighted by Crippen LogP contribution is -2.29. The van der Waals surface area contributed by atoms with Crippen molar-refractivity contribution in [3.05, 3.63) is 52.7 Å². The molecule has 0 saturated carbocycles. The van der Waals surface area contributed by atoms with Gasteiger partial charge in [0.1, 0.15) is 0 Å². The predicted molar refractivity (Wildman–Crippen MR) is 69.2 cm³/mol. The van der Waals surface area contributed by atoms with E-state index >= 15 is 0 Å². The lowest BCUT2D eigenvalue weighted by Gasteiger charge is -2.16. The Morgan fingerprint density at radius 1 is 1.22 bits per heavy atom. The van der Waals surface area contributed by atoms with Gasteiger partial charge >= 0.3 is 0 Å². The number of methoxy groups -OCH3 is 1. The van der Waals surface area contributed by atoms with E-state index in [4.69, 9.17) is 22.2 Å². The standard InChI is InChI=1S/C12H13ClN4O/c1-18-11-7-6-10(16-17-11)12(15-14)8-4-2-3-5-9(8)13/h2-7,12,15H,14H2,1H3. The van der Waals surface area contributed by atoms with Crippen LogP contribution in [0.5, 0.6) is 5.88 Å². The van der Waals surface area contributed by atoms with E-state index in [1.807, 2.05) is 18.2 Å². The number of nitrogens with two attached hydrogens (primary N) is 1. The highest BCUT2D eigenvalue weighted by Gasteiger charge is 2.17. The first-order valence-electron chi connectivity index (χ1n) is 5.34. The molecular formula is C12H13ClN4O. The van der Waals surface area contributed by atoms with E-state index < -0.39 is 0 Å². The van der Waals surface area contributed by atoms with Gasteiger partial charge in [-0.15, -0.1) is 10.2 Å². The van der Waals surface area contributed by atoms with Crippen LogP contribution in [-0.2, 0) is 0 Å². The molecule has 1 heterocycles. The number of nitrogens with one attached hydrogen (secondary N) is 1. The Balaban J connectivity index is 2.36. The van der Waals surface area contributed by atoms with Crippen LogP contribution in [0, 0.1) is 0 Å². The van der Waals surface area contributed by atoms with Gasteiger partial charge in [0.15, 0.2) is 0 Å². The largest absolute Gasteiger partial charge is 0.480 e. The summed E-state index contributed by atoms with van der Waals surface area (Å²) in [6, 6.07) is 10.7. The summed E-state index contributed by atoms with van der Waals surface area (Å²) in [7, 11) is 1.54. The molecule has 0 fully saturated rings. The minimum absolute atomic E-state index is 0.308. The average Bonchev–Trinajstić information content (AvgIpc) is 2.42. The maximum Gasteiger partial charge on any atom is 0.233 e. The smallest absolute Gasteiger partial charge is 0.233 e. The van der Waals surface area contributed by atoms with Crippen molar-refractivity contribution in [1.29, 1.82) is 0 Å². The van der Waals surface area contributed by atoms with E-state index in [9.17, 15) is 0 Å². The molecule has 5 nitrogen and oxygen atoms in total. The van der Waals surface area contributed by atoms with Gasteiger partial charge < -0.3 is 4.74 Å². The SMILES string of the molecule is COc1ccc(C(NN)c2ccccc2Cl)nn1. The molecule has 2 aromatic rings. The predicted octanol–water partition coefficient (Wildman–Crippen LogP) is 1.69. The van der Waals surface area contributed by atoms with Gasteiger partial charge in [0.05, 0.1) is 18.8 Å². The monoisotopic (exact) mass is 264 g/mol. The number of hydrogen-bond acceptors (Lipinski definition) is 5. The number of rotatable bonds is 4. The number of benzene rings is 1. The Kier molecular flexibility index (Phi) is 4.09. The van der Waals surface area contributed by atoms with Crippen LogP contribution in [0.1, 0.15) is 17.3 Å². The third-order valence-corrected chi connectivity index (χ3v) is 2.89. The topological polar surface area (TPSA) is 73.1 Å². The molecule has 3 N–H and O–H groups in total. The number of ether oxygens (including phenoxy) is 1. The summed E-state index contributed by atoms with van der Waals surface area (Å²) in [6.07, 6.45) is 0. The molecule has 0 amide bonds. The Labute approximate surface area is 110 Å². The molecule has 0 saturated heterocycles. The van der Waals surface area contributed by atoms with Crippen molar-refractivity contribution in [2.45, 2.75) is 6.04 Å². The molecule has 6 heteroatoms. The van der Waals surface area contributed by atoms with Crippen LogP contribution in [-0.4, -0.2) is 17.3 Å².